The molecule has 0 heterocycles. The normalized spacial score (nSPS) is 16.2. The molecule has 0 radical (unpaired) electrons. The molecular weight excluding hydrogens is 424 g/mol. The van der Waals surface area contributed by atoms with Crippen LogP contribution in [0.5, 0.6) is 5.75 Å². The average Bonchev–Trinajstić information content (AvgIpc) is 2.83. The maximum atomic E-state index is 13.3. The minimum absolute atomic E-state index is 0.00276. The van der Waals surface area contributed by atoms with Crippen LogP contribution in [0.1, 0.15) is 41.4 Å². The highest BCUT2D eigenvalue weighted by Gasteiger charge is 2.32. The Labute approximate surface area is 192 Å². The molecule has 1 atom stereocenters. The molecule has 0 spiro atoms. The summed E-state index contributed by atoms with van der Waals surface area (Å²) >= 11 is 6.31. The van der Waals surface area contributed by atoms with Crippen LogP contribution in [0.4, 0.5) is 0 Å². The minimum Gasteiger partial charge on any atom is -0.497 e. The van der Waals surface area contributed by atoms with Gasteiger partial charge < -0.3 is 9.47 Å². The first-order chi connectivity index (χ1) is 15.6. The number of methoxy groups -OCH3 is 1. The van der Waals surface area contributed by atoms with E-state index in [0.717, 1.165) is 22.4 Å². The molecule has 3 aromatic rings. The van der Waals surface area contributed by atoms with Crippen molar-refractivity contribution in [2.45, 2.75) is 24.7 Å². The lowest BCUT2D eigenvalue weighted by atomic mass is 9.86. The predicted molar refractivity (Wildman–Crippen MR) is 124 cm³/mol. The average molecular weight is 447 g/mol. The smallest absolute Gasteiger partial charge is 0.323 e. The number of esters is 1. The van der Waals surface area contributed by atoms with Gasteiger partial charge >= 0.3 is 5.97 Å². The number of benzene rings is 3. The number of hydrogen-bond acceptors (Lipinski definition) is 4. The lowest BCUT2D eigenvalue weighted by molar-refractivity contribution is -0.140. The molecule has 162 valence electrons. The van der Waals surface area contributed by atoms with Gasteiger partial charge in [0, 0.05) is 12.8 Å². The second kappa shape index (κ2) is 9.84. The monoisotopic (exact) mass is 446 g/mol. The fraction of sp³-hybridized carbons (Fsp3) is 0.185. The fourth-order valence-electron chi connectivity index (χ4n) is 3.99. The van der Waals surface area contributed by atoms with E-state index >= 15 is 0 Å². The summed E-state index contributed by atoms with van der Waals surface area (Å²) in [6.07, 6.45) is 0.645. The Hall–Kier alpha value is -3.37. The van der Waals surface area contributed by atoms with Crippen molar-refractivity contribution in [2.75, 3.05) is 7.11 Å². The number of rotatable bonds is 6. The van der Waals surface area contributed by atoms with Crippen LogP contribution in [-0.2, 0) is 14.3 Å². The number of halogens is 1. The topological polar surface area (TPSA) is 52.6 Å². The summed E-state index contributed by atoms with van der Waals surface area (Å²) in [6, 6.07) is 26.4. The molecule has 32 heavy (non-hydrogen) atoms. The van der Waals surface area contributed by atoms with Gasteiger partial charge in [-0.2, -0.15) is 0 Å². The third kappa shape index (κ3) is 4.76. The van der Waals surface area contributed by atoms with Crippen LogP contribution in [0.2, 0.25) is 0 Å². The second-order valence-corrected chi connectivity index (χ2v) is 8.09. The standard InChI is InChI=1S/C27H23ClO4/c1-31-22-14-12-18(13-15-22)21-16-23(29)26(28)24(17-21)32-27(30)25(19-8-4-2-5-9-19)20-10-6-3-7-11-20/h2-15,21,25H,16-17H2,1H3. The zero-order valence-electron chi connectivity index (χ0n) is 17.7. The number of carbonyl (C=O) groups excluding carboxylic acids is 2. The van der Waals surface area contributed by atoms with Gasteiger partial charge in [0.2, 0.25) is 0 Å². The van der Waals surface area contributed by atoms with Crippen molar-refractivity contribution in [1.82, 2.24) is 0 Å². The van der Waals surface area contributed by atoms with Crippen LogP contribution in [0.25, 0.3) is 0 Å². The summed E-state index contributed by atoms with van der Waals surface area (Å²) in [4.78, 5) is 25.9. The van der Waals surface area contributed by atoms with Crippen molar-refractivity contribution >= 4 is 23.4 Å². The van der Waals surface area contributed by atoms with E-state index in [4.69, 9.17) is 21.1 Å². The van der Waals surface area contributed by atoms with Crippen LogP contribution in [0, 0.1) is 0 Å². The van der Waals surface area contributed by atoms with Crippen molar-refractivity contribution in [2.24, 2.45) is 0 Å². The number of carbonyl (C=O) groups is 2. The molecule has 4 nitrogen and oxygen atoms in total. The summed E-state index contributed by atoms with van der Waals surface area (Å²) in [5, 5.41) is 0.00276. The van der Waals surface area contributed by atoms with Crippen molar-refractivity contribution in [3.8, 4) is 5.75 Å². The van der Waals surface area contributed by atoms with Gasteiger partial charge in [0.25, 0.3) is 0 Å². The molecule has 0 fully saturated rings. The molecule has 1 aliphatic rings. The van der Waals surface area contributed by atoms with Gasteiger partial charge in [0.05, 0.1) is 7.11 Å². The molecule has 4 rings (SSSR count). The van der Waals surface area contributed by atoms with Gasteiger partial charge in [-0.25, -0.2) is 0 Å². The van der Waals surface area contributed by atoms with Gasteiger partial charge in [-0.15, -0.1) is 0 Å². The number of allylic oxidation sites excluding steroid dienone is 2. The molecule has 5 heteroatoms. The maximum absolute atomic E-state index is 13.3. The van der Waals surface area contributed by atoms with Crippen molar-refractivity contribution in [3.05, 3.63) is 112 Å². The Morgan fingerprint density at radius 2 is 1.44 bits per heavy atom. The summed E-state index contributed by atoms with van der Waals surface area (Å²) in [5.74, 6) is -0.456. The molecule has 0 N–H and O–H groups in total. The third-order valence-electron chi connectivity index (χ3n) is 5.67. The number of Topliss-reactive ketones (excluding diaryl/α,β-unsaturated/α-hetero) is 1. The van der Waals surface area contributed by atoms with E-state index in [1.54, 1.807) is 7.11 Å². The highest BCUT2D eigenvalue weighted by molar-refractivity contribution is 6.43. The van der Waals surface area contributed by atoms with Crippen LogP contribution < -0.4 is 4.74 Å². The van der Waals surface area contributed by atoms with Crippen LogP contribution >= 0.6 is 11.6 Å². The van der Waals surface area contributed by atoms with E-state index in [-0.39, 0.29) is 28.9 Å². The Bertz CT molecular complexity index is 1080. The Balaban J connectivity index is 1.60. The van der Waals surface area contributed by atoms with E-state index < -0.39 is 11.9 Å². The zero-order chi connectivity index (χ0) is 22.5. The first kappa shape index (κ1) is 21.8. The molecule has 0 aromatic heterocycles. The van der Waals surface area contributed by atoms with Gasteiger partial charge in [0.15, 0.2) is 5.78 Å². The maximum Gasteiger partial charge on any atom is 0.323 e. The van der Waals surface area contributed by atoms with Crippen LogP contribution in [0.3, 0.4) is 0 Å². The quantitative estimate of drug-likeness (QED) is 0.438. The number of ether oxygens (including phenoxy) is 2. The predicted octanol–water partition coefficient (Wildman–Crippen LogP) is 5.97. The van der Waals surface area contributed by atoms with E-state index in [9.17, 15) is 9.59 Å². The Morgan fingerprint density at radius 3 is 1.97 bits per heavy atom. The molecular formula is C27H23ClO4. The first-order valence-corrected chi connectivity index (χ1v) is 10.8. The van der Waals surface area contributed by atoms with Gasteiger partial charge in [-0.1, -0.05) is 84.4 Å². The van der Waals surface area contributed by atoms with Gasteiger partial charge in [0.1, 0.15) is 22.5 Å². The fourth-order valence-corrected chi connectivity index (χ4v) is 4.18. The second-order valence-electron chi connectivity index (χ2n) is 7.71. The molecule has 1 unspecified atom stereocenters. The number of hydrogen-bond donors (Lipinski definition) is 0. The highest BCUT2D eigenvalue weighted by Crippen LogP contribution is 2.38. The van der Waals surface area contributed by atoms with Gasteiger partial charge in [-0.05, 0) is 34.7 Å². The lowest BCUT2D eigenvalue weighted by Gasteiger charge is -2.25. The van der Waals surface area contributed by atoms with Crippen LogP contribution in [0.15, 0.2) is 95.7 Å². The largest absolute Gasteiger partial charge is 0.497 e. The van der Waals surface area contributed by atoms with Crippen LogP contribution in [-0.4, -0.2) is 18.9 Å². The summed E-state index contributed by atoms with van der Waals surface area (Å²) in [7, 11) is 1.61. The van der Waals surface area contributed by atoms with E-state index in [2.05, 4.69) is 0 Å². The first-order valence-electron chi connectivity index (χ1n) is 10.4. The molecule has 1 aliphatic carbocycles. The van der Waals surface area contributed by atoms with Gasteiger partial charge in [-0.3, -0.25) is 9.59 Å². The summed E-state index contributed by atoms with van der Waals surface area (Å²) < 4.78 is 11.0. The molecule has 0 amide bonds. The van der Waals surface area contributed by atoms with E-state index in [1.807, 2.05) is 84.9 Å². The summed E-state index contributed by atoms with van der Waals surface area (Å²) in [5.41, 5.74) is 2.60. The summed E-state index contributed by atoms with van der Waals surface area (Å²) in [6.45, 7) is 0. The Morgan fingerprint density at radius 1 is 0.875 bits per heavy atom. The van der Waals surface area contributed by atoms with Crippen molar-refractivity contribution in [1.29, 1.82) is 0 Å². The van der Waals surface area contributed by atoms with E-state index in [0.29, 0.717) is 6.42 Å². The van der Waals surface area contributed by atoms with E-state index in [1.165, 1.54) is 0 Å². The molecule has 3 aromatic carbocycles. The van der Waals surface area contributed by atoms with Crippen molar-refractivity contribution in [3.63, 3.8) is 0 Å². The number of ketones is 1. The minimum atomic E-state index is -0.620. The molecule has 0 saturated carbocycles. The third-order valence-corrected chi connectivity index (χ3v) is 6.09. The highest BCUT2D eigenvalue weighted by atomic mass is 35.5. The SMILES string of the molecule is COc1ccc(C2CC(=O)C(Cl)=C(OC(=O)C(c3ccccc3)c3ccccc3)C2)cc1. The Kier molecular flexibility index (Phi) is 6.72. The molecule has 0 saturated heterocycles. The van der Waals surface area contributed by atoms with Crippen molar-refractivity contribution < 1.29 is 19.1 Å². The zero-order valence-corrected chi connectivity index (χ0v) is 18.4. The molecule has 0 aliphatic heterocycles. The molecule has 0 bridgehead atoms. The lowest BCUT2D eigenvalue weighted by Crippen LogP contribution is -2.22.